The first-order valence-electron chi connectivity index (χ1n) is 5.53. The maximum Gasteiger partial charge on any atom is 0.182 e. The van der Waals surface area contributed by atoms with Crippen LogP contribution < -0.4 is 0 Å². The molecule has 4 heteroatoms. The molecular weight excluding hydrogens is 250 g/mol. The standard InChI is InChI=1S/C14H12ClNO2/c1-10(17)13-3-2-8-16(13)9-14(18)11-4-6-12(15)7-5-11/h2-8H,9H2,1H3. The zero-order chi connectivity index (χ0) is 13.1. The van der Waals surface area contributed by atoms with Crippen LogP contribution in [0.1, 0.15) is 27.8 Å². The van der Waals surface area contributed by atoms with E-state index in [0.29, 0.717) is 16.3 Å². The van der Waals surface area contributed by atoms with Crippen molar-refractivity contribution in [1.29, 1.82) is 0 Å². The minimum Gasteiger partial charge on any atom is -0.337 e. The molecule has 0 N–H and O–H groups in total. The number of nitrogens with zero attached hydrogens (tertiary/aromatic N) is 1. The van der Waals surface area contributed by atoms with E-state index < -0.39 is 0 Å². The number of carbonyl (C=O) groups excluding carboxylic acids is 2. The molecule has 0 atom stereocenters. The molecule has 2 aromatic rings. The number of ketones is 2. The Labute approximate surface area is 110 Å². The molecule has 1 heterocycles. The second-order valence-corrected chi connectivity index (χ2v) is 4.44. The molecule has 0 aliphatic carbocycles. The van der Waals surface area contributed by atoms with Crippen LogP contribution in [0.25, 0.3) is 0 Å². The van der Waals surface area contributed by atoms with Gasteiger partial charge < -0.3 is 4.57 Å². The highest BCUT2D eigenvalue weighted by atomic mass is 35.5. The molecule has 0 saturated carbocycles. The van der Waals surface area contributed by atoms with Crippen LogP contribution in [0, 0.1) is 0 Å². The van der Waals surface area contributed by atoms with Crippen molar-refractivity contribution < 1.29 is 9.59 Å². The number of rotatable bonds is 4. The third kappa shape index (κ3) is 2.68. The van der Waals surface area contributed by atoms with Gasteiger partial charge in [0.2, 0.25) is 0 Å². The summed E-state index contributed by atoms with van der Waals surface area (Å²) in [4.78, 5) is 23.4. The summed E-state index contributed by atoms with van der Waals surface area (Å²) in [6, 6.07) is 10.2. The van der Waals surface area contributed by atoms with E-state index in [1.165, 1.54) is 6.92 Å². The monoisotopic (exact) mass is 261 g/mol. The normalized spacial score (nSPS) is 10.3. The molecule has 3 nitrogen and oxygen atoms in total. The van der Waals surface area contributed by atoms with Gasteiger partial charge in [-0.25, -0.2) is 0 Å². The second kappa shape index (κ2) is 5.19. The quantitative estimate of drug-likeness (QED) is 0.793. The minimum absolute atomic E-state index is 0.0506. The predicted octanol–water partition coefficient (Wildman–Crippen LogP) is 3.23. The van der Waals surface area contributed by atoms with Crippen LogP contribution in [-0.4, -0.2) is 16.1 Å². The predicted molar refractivity (Wildman–Crippen MR) is 70.2 cm³/mol. The van der Waals surface area contributed by atoms with Gasteiger partial charge in [0.25, 0.3) is 0 Å². The fraction of sp³-hybridized carbons (Fsp3) is 0.143. The van der Waals surface area contributed by atoms with Crippen molar-refractivity contribution in [2.45, 2.75) is 13.5 Å². The fourth-order valence-corrected chi connectivity index (χ4v) is 1.88. The number of halogens is 1. The number of benzene rings is 1. The SMILES string of the molecule is CC(=O)c1cccn1CC(=O)c1ccc(Cl)cc1. The summed E-state index contributed by atoms with van der Waals surface area (Å²) in [6.45, 7) is 1.64. The van der Waals surface area contributed by atoms with E-state index in [4.69, 9.17) is 11.6 Å². The van der Waals surface area contributed by atoms with Crippen LogP contribution in [0.15, 0.2) is 42.6 Å². The van der Waals surface area contributed by atoms with E-state index >= 15 is 0 Å². The van der Waals surface area contributed by atoms with Crippen LogP contribution >= 0.6 is 11.6 Å². The molecule has 1 aromatic heterocycles. The van der Waals surface area contributed by atoms with Gasteiger partial charge in [-0.15, -0.1) is 0 Å². The highest BCUT2D eigenvalue weighted by Gasteiger charge is 2.11. The number of carbonyl (C=O) groups is 2. The third-order valence-corrected chi connectivity index (χ3v) is 2.92. The molecule has 0 saturated heterocycles. The molecule has 18 heavy (non-hydrogen) atoms. The first-order chi connectivity index (χ1) is 8.58. The molecule has 0 radical (unpaired) electrons. The molecule has 0 unspecified atom stereocenters. The molecule has 0 aliphatic heterocycles. The van der Waals surface area contributed by atoms with Gasteiger partial charge >= 0.3 is 0 Å². The number of hydrogen-bond acceptors (Lipinski definition) is 2. The lowest BCUT2D eigenvalue weighted by molar-refractivity contribution is 0.0966. The number of aromatic nitrogens is 1. The van der Waals surface area contributed by atoms with Crippen molar-refractivity contribution in [2.75, 3.05) is 0 Å². The Morgan fingerprint density at radius 3 is 2.44 bits per heavy atom. The van der Waals surface area contributed by atoms with Crippen LogP contribution in [0.2, 0.25) is 5.02 Å². The summed E-state index contributed by atoms with van der Waals surface area (Å²) in [5, 5.41) is 0.594. The summed E-state index contributed by atoms with van der Waals surface area (Å²) < 4.78 is 1.65. The fourth-order valence-electron chi connectivity index (χ4n) is 1.75. The van der Waals surface area contributed by atoms with E-state index in [9.17, 15) is 9.59 Å². The minimum atomic E-state index is -0.0519. The molecule has 0 spiro atoms. The first-order valence-corrected chi connectivity index (χ1v) is 5.90. The Kier molecular flexibility index (Phi) is 3.63. The van der Waals surface area contributed by atoms with Crippen LogP contribution in [0.5, 0.6) is 0 Å². The number of hydrogen-bond donors (Lipinski definition) is 0. The highest BCUT2D eigenvalue weighted by Crippen LogP contribution is 2.12. The van der Waals surface area contributed by atoms with Crippen molar-refractivity contribution in [3.8, 4) is 0 Å². The molecule has 1 aromatic carbocycles. The van der Waals surface area contributed by atoms with Crippen molar-refractivity contribution in [2.24, 2.45) is 0 Å². The maximum absolute atomic E-state index is 12.0. The maximum atomic E-state index is 12.0. The highest BCUT2D eigenvalue weighted by molar-refractivity contribution is 6.30. The van der Waals surface area contributed by atoms with Gasteiger partial charge in [0.15, 0.2) is 11.6 Å². The first kappa shape index (κ1) is 12.6. The lowest BCUT2D eigenvalue weighted by Gasteiger charge is -2.06. The molecule has 0 fully saturated rings. The van der Waals surface area contributed by atoms with Gasteiger partial charge in [-0.2, -0.15) is 0 Å². The summed E-state index contributed by atoms with van der Waals surface area (Å²) in [7, 11) is 0. The summed E-state index contributed by atoms with van der Waals surface area (Å²) in [5.41, 5.74) is 1.12. The van der Waals surface area contributed by atoms with Gasteiger partial charge in [0, 0.05) is 23.7 Å². The van der Waals surface area contributed by atoms with Crippen molar-refractivity contribution in [1.82, 2.24) is 4.57 Å². The van der Waals surface area contributed by atoms with Gasteiger partial charge in [-0.05, 0) is 36.4 Å². The summed E-state index contributed by atoms with van der Waals surface area (Å²) >= 11 is 5.76. The second-order valence-electron chi connectivity index (χ2n) is 4.01. The summed E-state index contributed by atoms with van der Waals surface area (Å²) in [6.07, 6.45) is 1.73. The van der Waals surface area contributed by atoms with Crippen molar-refractivity contribution >= 4 is 23.2 Å². The van der Waals surface area contributed by atoms with Crippen molar-refractivity contribution in [3.63, 3.8) is 0 Å². The van der Waals surface area contributed by atoms with E-state index in [2.05, 4.69) is 0 Å². The smallest absolute Gasteiger partial charge is 0.182 e. The zero-order valence-corrected chi connectivity index (χ0v) is 10.6. The van der Waals surface area contributed by atoms with E-state index in [1.54, 1.807) is 47.2 Å². The van der Waals surface area contributed by atoms with Crippen LogP contribution in [0.4, 0.5) is 0 Å². The van der Waals surface area contributed by atoms with Crippen LogP contribution in [0.3, 0.4) is 0 Å². The Balaban J connectivity index is 2.19. The van der Waals surface area contributed by atoms with E-state index in [1.807, 2.05) is 0 Å². The van der Waals surface area contributed by atoms with E-state index in [-0.39, 0.29) is 18.1 Å². The topological polar surface area (TPSA) is 39.1 Å². The Morgan fingerprint density at radius 1 is 1.17 bits per heavy atom. The lowest BCUT2D eigenvalue weighted by atomic mass is 10.1. The zero-order valence-electron chi connectivity index (χ0n) is 9.89. The average Bonchev–Trinajstić information content (AvgIpc) is 2.78. The third-order valence-electron chi connectivity index (χ3n) is 2.67. The lowest BCUT2D eigenvalue weighted by Crippen LogP contribution is -2.13. The molecule has 2 rings (SSSR count). The van der Waals surface area contributed by atoms with Gasteiger partial charge in [0.05, 0.1) is 12.2 Å². The Morgan fingerprint density at radius 2 is 1.83 bits per heavy atom. The average molecular weight is 262 g/mol. The number of Topliss-reactive ketones (excluding diaryl/α,β-unsaturated/α-hetero) is 2. The molecule has 0 amide bonds. The largest absolute Gasteiger partial charge is 0.337 e. The summed E-state index contributed by atoms with van der Waals surface area (Å²) in [5.74, 6) is -0.103. The molecule has 92 valence electrons. The molecule has 0 bridgehead atoms. The Bertz CT molecular complexity index is 584. The molecule has 0 aliphatic rings. The van der Waals surface area contributed by atoms with E-state index in [0.717, 1.165) is 0 Å². The van der Waals surface area contributed by atoms with Crippen molar-refractivity contribution in [3.05, 3.63) is 58.9 Å². The Hall–Kier alpha value is -1.87. The molecular formula is C14H12ClNO2. The van der Waals surface area contributed by atoms with Gasteiger partial charge in [-0.3, -0.25) is 9.59 Å². The van der Waals surface area contributed by atoms with Crippen LogP contribution in [-0.2, 0) is 6.54 Å². The van der Waals surface area contributed by atoms with Gasteiger partial charge in [0.1, 0.15) is 0 Å². The van der Waals surface area contributed by atoms with Gasteiger partial charge in [-0.1, -0.05) is 11.6 Å².